The Kier molecular flexibility index (Phi) is 6.28. The average molecular weight is 548 g/mol. The van der Waals surface area contributed by atoms with E-state index in [1.807, 2.05) is 0 Å². The zero-order valence-corrected chi connectivity index (χ0v) is 20.9. The van der Waals surface area contributed by atoms with E-state index < -0.39 is 29.1 Å². The van der Waals surface area contributed by atoms with Gasteiger partial charge < -0.3 is 15.4 Å². The Morgan fingerprint density at radius 1 is 1.03 bits per heavy atom. The summed E-state index contributed by atoms with van der Waals surface area (Å²) >= 11 is 0. The summed E-state index contributed by atoms with van der Waals surface area (Å²) in [6.45, 7) is 2.83. The molecule has 3 aliphatic heterocycles. The monoisotopic (exact) mass is 547 g/mol. The number of anilines is 2. The summed E-state index contributed by atoms with van der Waals surface area (Å²) in [5, 5.41) is 0.389. The number of ether oxygens (including phenoxy) is 1. The molecule has 6 rings (SSSR count). The quantitative estimate of drug-likeness (QED) is 0.451. The van der Waals surface area contributed by atoms with E-state index in [0.717, 1.165) is 38.8 Å². The predicted molar refractivity (Wildman–Crippen MR) is 134 cm³/mol. The van der Waals surface area contributed by atoms with Gasteiger partial charge in [0.05, 0.1) is 28.7 Å². The number of alkyl halides is 3. The Labute approximate surface area is 220 Å². The lowest BCUT2D eigenvalue weighted by Gasteiger charge is -2.31. The maximum Gasteiger partial charge on any atom is 0.421 e. The van der Waals surface area contributed by atoms with Crippen LogP contribution in [-0.2, 0) is 6.18 Å². The molecule has 0 unspecified atom stereocenters. The molecule has 3 aromatic rings. The van der Waals surface area contributed by atoms with Gasteiger partial charge >= 0.3 is 12.2 Å². The molecule has 0 amide bonds. The highest BCUT2D eigenvalue weighted by Crippen LogP contribution is 2.41. The van der Waals surface area contributed by atoms with Gasteiger partial charge in [-0.1, -0.05) is 0 Å². The molecule has 0 aromatic carbocycles. The predicted octanol–water partition coefficient (Wildman–Crippen LogP) is 4.90. The first-order valence-electron chi connectivity index (χ1n) is 12.8. The SMILES string of the molecule is Nc1cc(F)c(C(F)(F)F)c(-c2cc3nc(OCC45CCCN4CCC5)nc(N4CCC=C(F)C4)c3cn2)n1. The van der Waals surface area contributed by atoms with Crippen LogP contribution in [0.2, 0.25) is 0 Å². The molecule has 3 aliphatic rings. The van der Waals surface area contributed by atoms with Crippen LogP contribution >= 0.6 is 0 Å². The molecular formula is C26H26F5N7O. The molecule has 0 aliphatic carbocycles. The normalized spacial score (nSPS) is 19.4. The van der Waals surface area contributed by atoms with Gasteiger partial charge in [0, 0.05) is 18.8 Å². The molecule has 39 heavy (non-hydrogen) atoms. The van der Waals surface area contributed by atoms with Gasteiger partial charge in [-0.25, -0.2) is 13.8 Å². The van der Waals surface area contributed by atoms with Crippen molar-refractivity contribution in [2.45, 2.75) is 43.8 Å². The van der Waals surface area contributed by atoms with Crippen LogP contribution in [0.15, 0.2) is 30.2 Å². The van der Waals surface area contributed by atoms with E-state index in [4.69, 9.17) is 10.5 Å². The average Bonchev–Trinajstić information content (AvgIpc) is 3.46. The standard InChI is InChI=1S/C26H26F5N7O/c27-15-4-1-7-37(13-15)23-16-12-33-19(22-21(26(29,30)31)17(28)10-20(32)35-22)11-18(16)34-24(36-23)39-14-25-5-2-8-38(25)9-3-6-25/h4,10-12H,1-3,5-9,13-14H2,(H2,32,35). The van der Waals surface area contributed by atoms with Crippen LogP contribution < -0.4 is 15.4 Å². The lowest BCUT2D eigenvalue weighted by molar-refractivity contribution is -0.139. The first kappa shape index (κ1) is 25.7. The molecule has 13 heteroatoms. The van der Waals surface area contributed by atoms with E-state index in [1.54, 1.807) is 4.90 Å². The highest BCUT2D eigenvalue weighted by atomic mass is 19.4. The van der Waals surface area contributed by atoms with Crippen molar-refractivity contribution in [1.82, 2.24) is 24.8 Å². The summed E-state index contributed by atoms with van der Waals surface area (Å²) in [5.74, 6) is -1.93. The molecular weight excluding hydrogens is 521 g/mol. The fraction of sp³-hybridized carbons (Fsp3) is 0.462. The Balaban J connectivity index is 1.45. The number of hydrogen-bond acceptors (Lipinski definition) is 8. The molecule has 0 saturated carbocycles. The molecule has 0 bridgehead atoms. The van der Waals surface area contributed by atoms with E-state index in [0.29, 0.717) is 36.8 Å². The number of fused-ring (bicyclic) bond motifs is 2. The Morgan fingerprint density at radius 2 is 1.79 bits per heavy atom. The molecule has 2 N–H and O–H groups in total. The summed E-state index contributed by atoms with van der Waals surface area (Å²) in [6, 6.07) is 1.82. The molecule has 0 spiro atoms. The minimum Gasteiger partial charge on any atom is -0.461 e. The Bertz CT molecular complexity index is 1450. The molecule has 6 heterocycles. The number of rotatable bonds is 5. The minimum absolute atomic E-state index is 0.0226. The van der Waals surface area contributed by atoms with Crippen molar-refractivity contribution in [1.29, 1.82) is 0 Å². The number of hydrogen-bond donors (Lipinski definition) is 1. The van der Waals surface area contributed by atoms with Crippen LogP contribution in [0.1, 0.15) is 37.7 Å². The molecule has 0 atom stereocenters. The van der Waals surface area contributed by atoms with Gasteiger partial charge in [0.2, 0.25) is 0 Å². The summed E-state index contributed by atoms with van der Waals surface area (Å²) in [7, 11) is 0. The second-order valence-electron chi connectivity index (χ2n) is 10.2. The molecule has 3 aromatic heterocycles. The highest BCUT2D eigenvalue weighted by Gasteiger charge is 2.45. The van der Waals surface area contributed by atoms with Crippen LogP contribution in [0, 0.1) is 5.82 Å². The topological polar surface area (TPSA) is 93.3 Å². The van der Waals surface area contributed by atoms with E-state index in [2.05, 4.69) is 24.8 Å². The molecule has 8 nitrogen and oxygen atoms in total. The minimum atomic E-state index is -5.03. The Morgan fingerprint density at radius 3 is 2.51 bits per heavy atom. The number of nitrogens with zero attached hydrogens (tertiary/aromatic N) is 6. The summed E-state index contributed by atoms with van der Waals surface area (Å²) in [6.07, 6.45) is 2.36. The van der Waals surface area contributed by atoms with Crippen molar-refractivity contribution in [3.05, 3.63) is 41.6 Å². The van der Waals surface area contributed by atoms with E-state index >= 15 is 0 Å². The lowest BCUT2D eigenvalue weighted by atomic mass is 9.95. The van der Waals surface area contributed by atoms with Crippen molar-refractivity contribution in [2.24, 2.45) is 0 Å². The molecule has 2 saturated heterocycles. The summed E-state index contributed by atoms with van der Waals surface area (Å²) in [5.41, 5.74) is 3.11. The maximum atomic E-state index is 14.4. The fourth-order valence-electron chi connectivity index (χ4n) is 5.95. The van der Waals surface area contributed by atoms with Crippen LogP contribution in [-0.4, -0.2) is 63.2 Å². The number of nitrogens with two attached hydrogens (primary N) is 1. The van der Waals surface area contributed by atoms with Crippen LogP contribution in [0.3, 0.4) is 0 Å². The van der Waals surface area contributed by atoms with Gasteiger partial charge in [-0.15, -0.1) is 0 Å². The summed E-state index contributed by atoms with van der Waals surface area (Å²) < 4.78 is 76.0. The second kappa shape index (κ2) is 9.54. The summed E-state index contributed by atoms with van der Waals surface area (Å²) in [4.78, 5) is 21.1. The van der Waals surface area contributed by atoms with Gasteiger partial charge in [-0.3, -0.25) is 9.88 Å². The number of nitrogen functional groups attached to an aromatic ring is 1. The number of pyridine rings is 2. The van der Waals surface area contributed by atoms with E-state index in [9.17, 15) is 22.0 Å². The van der Waals surface area contributed by atoms with Crippen molar-refractivity contribution in [3.63, 3.8) is 0 Å². The van der Waals surface area contributed by atoms with Gasteiger partial charge in [0.25, 0.3) is 0 Å². The lowest BCUT2D eigenvalue weighted by Crippen LogP contribution is -2.43. The second-order valence-corrected chi connectivity index (χ2v) is 10.2. The maximum absolute atomic E-state index is 14.4. The van der Waals surface area contributed by atoms with Gasteiger partial charge in [0.15, 0.2) is 0 Å². The van der Waals surface area contributed by atoms with E-state index in [1.165, 1.54) is 18.3 Å². The van der Waals surface area contributed by atoms with Crippen molar-refractivity contribution >= 4 is 22.5 Å². The first-order chi connectivity index (χ1) is 18.6. The third kappa shape index (κ3) is 4.72. The van der Waals surface area contributed by atoms with Crippen molar-refractivity contribution < 1.29 is 26.7 Å². The van der Waals surface area contributed by atoms with Crippen LogP contribution in [0.25, 0.3) is 22.3 Å². The molecule has 206 valence electrons. The first-order valence-corrected chi connectivity index (χ1v) is 12.8. The third-order valence-corrected chi connectivity index (χ3v) is 7.75. The van der Waals surface area contributed by atoms with Crippen LogP contribution in [0.4, 0.5) is 33.6 Å². The fourth-order valence-corrected chi connectivity index (χ4v) is 5.95. The molecule has 0 radical (unpaired) electrons. The van der Waals surface area contributed by atoms with Crippen molar-refractivity contribution in [2.75, 3.05) is 43.4 Å². The van der Waals surface area contributed by atoms with Crippen LogP contribution in [0.5, 0.6) is 6.01 Å². The largest absolute Gasteiger partial charge is 0.461 e. The smallest absolute Gasteiger partial charge is 0.421 e. The third-order valence-electron chi connectivity index (χ3n) is 7.75. The van der Waals surface area contributed by atoms with E-state index in [-0.39, 0.29) is 35.1 Å². The zero-order valence-electron chi connectivity index (χ0n) is 20.9. The number of halogens is 5. The van der Waals surface area contributed by atoms with Gasteiger partial charge in [-0.2, -0.15) is 23.1 Å². The van der Waals surface area contributed by atoms with Gasteiger partial charge in [0.1, 0.15) is 41.1 Å². The zero-order chi connectivity index (χ0) is 27.4. The Hall–Kier alpha value is -3.61. The van der Waals surface area contributed by atoms with Gasteiger partial charge in [-0.05, 0) is 57.3 Å². The highest BCUT2D eigenvalue weighted by molar-refractivity contribution is 5.91. The van der Waals surface area contributed by atoms with Crippen molar-refractivity contribution in [3.8, 4) is 17.4 Å². The molecule has 2 fully saturated rings. The number of aromatic nitrogens is 4.